The van der Waals surface area contributed by atoms with Crippen LogP contribution in [-0.2, 0) is 10.2 Å². The highest BCUT2D eigenvalue weighted by atomic mass is 19.1. The molecule has 5 nitrogen and oxygen atoms in total. The van der Waals surface area contributed by atoms with Gasteiger partial charge in [0.2, 0.25) is 5.91 Å². The van der Waals surface area contributed by atoms with E-state index in [0.717, 1.165) is 31.2 Å². The molecule has 0 aromatic heterocycles. The molecule has 3 rings (SSSR count). The van der Waals surface area contributed by atoms with E-state index in [1.54, 1.807) is 13.1 Å². The van der Waals surface area contributed by atoms with Crippen LogP contribution >= 0.6 is 0 Å². The van der Waals surface area contributed by atoms with Gasteiger partial charge in [0, 0.05) is 25.0 Å². The minimum absolute atomic E-state index is 0.00455. The SMILES string of the molecule is CN=C(NCC(=O)NC1CCCCC1)NCC1(c2ccccc2F)CC1. The molecule has 0 atom stereocenters. The molecule has 2 saturated carbocycles. The third-order valence-electron chi connectivity index (χ3n) is 5.50. The van der Waals surface area contributed by atoms with Crippen LogP contribution in [0.2, 0.25) is 0 Å². The lowest BCUT2D eigenvalue weighted by atomic mass is 9.95. The van der Waals surface area contributed by atoms with Crippen molar-refractivity contribution in [3.63, 3.8) is 0 Å². The van der Waals surface area contributed by atoms with Crippen molar-refractivity contribution in [1.82, 2.24) is 16.0 Å². The number of benzene rings is 1. The van der Waals surface area contributed by atoms with Crippen molar-refractivity contribution >= 4 is 11.9 Å². The average molecular weight is 360 g/mol. The second-order valence-electron chi connectivity index (χ2n) is 7.44. The van der Waals surface area contributed by atoms with Gasteiger partial charge >= 0.3 is 0 Å². The van der Waals surface area contributed by atoms with Crippen LogP contribution in [0.4, 0.5) is 4.39 Å². The molecule has 0 heterocycles. The molecule has 2 aliphatic carbocycles. The number of nitrogens with zero attached hydrogens (tertiary/aromatic N) is 1. The fraction of sp³-hybridized carbons (Fsp3) is 0.600. The summed E-state index contributed by atoms with van der Waals surface area (Å²) in [6.07, 6.45) is 7.72. The molecule has 142 valence electrons. The topological polar surface area (TPSA) is 65.5 Å². The zero-order valence-corrected chi connectivity index (χ0v) is 15.5. The highest BCUT2D eigenvalue weighted by molar-refractivity contribution is 5.86. The predicted molar refractivity (Wildman–Crippen MR) is 102 cm³/mol. The van der Waals surface area contributed by atoms with Crippen molar-refractivity contribution in [3.8, 4) is 0 Å². The molecular formula is C20H29FN4O. The van der Waals surface area contributed by atoms with E-state index < -0.39 is 0 Å². The number of aliphatic imine (C=N–C) groups is 1. The van der Waals surface area contributed by atoms with E-state index in [1.807, 2.05) is 12.1 Å². The summed E-state index contributed by atoms with van der Waals surface area (Å²) in [6, 6.07) is 7.27. The van der Waals surface area contributed by atoms with E-state index in [-0.39, 0.29) is 23.7 Å². The molecule has 3 N–H and O–H groups in total. The molecule has 1 amide bonds. The quantitative estimate of drug-likeness (QED) is 0.539. The van der Waals surface area contributed by atoms with Gasteiger partial charge in [-0.15, -0.1) is 0 Å². The summed E-state index contributed by atoms with van der Waals surface area (Å²) in [5.74, 6) is 0.420. The van der Waals surface area contributed by atoms with Gasteiger partial charge in [0.05, 0.1) is 6.54 Å². The van der Waals surface area contributed by atoms with Crippen LogP contribution in [0.15, 0.2) is 29.3 Å². The fourth-order valence-corrected chi connectivity index (χ4v) is 3.75. The molecule has 0 aliphatic heterocycles. The van der Waals surface area contributed by atoms with Crippen molar-refractivity contribution in [3.05, 3.63) is 35.6 Å². The second-order valence-corrected chi connectivity index (χ2v) is 7.44. The first-order valence-electron chi connectivity index (χ1n) is 9.62. The number of carbonyl (C=O) groups excluding carboxylic acids is 1. The summed E-state index contributed by atoms with van der Waals surface area (Å²) in [5.41, 5.74) is 0.603. The molecule has 1 aromatic rings. The van der Waals surface area contributed by atoms with E-state index in [9.17, 15) is 9.18 Å². The second kappa shape index (κ2) is 8.52. The smallest absolute Gasteiger partial charge is 0.239 e. The van der Waals surface area contributed by atoms with E-state index in [0.29, 0.717) is 18.5 Å². The maximum atomic E-state index is 14.1. The first kappa shape index (κ1) is 18.7. The van der Waals surface area contributed by atoms with Crippen molar-refractivity contribution in [2.75, 3.05) is 20.1 Å². The normalized spacial score (nSPS) is 19.7. The van der Waals surface area contributed by atoms with Gasteiger partial charge in [-0.1, -0.05) is 37.5 Å². The van der Waals surface area contributed by atoms with Crippen molar-refractivity contribution in [2.45, 2.75) is 56.4 Å². The minimum atomic E-state index is -0.159. The molecular weight excluding hydrogens is 331 g/mol. The Morgan fingerprint density at radius 3 is 2.58 bits per heavy atom. The highest BCUT2D eigenvalue weighted by Gasteiger charge is 2.45. The summed E-state index contributed by atoms with van der Waals surface area (Å²) < 4.78 is 14.1. The molecule has 2 fully saturated rings. The van der Waals surface area contributed by atoms with Crippen LogP contribution in [-0.4, -0.2) is 38.0 Å². The molecule has 6 heteroatoms. The van der Waals surface area contributed by atoms with Gasteiger partial charge in [0.15, 0.2) is 5.96 Å². The summed E-state index contributed by atoms with van der Waals surface area (Å²) in [5, 5.41) is 9.39. The number of hydrogen-bond acceptors (Lipinski definition) is 2. The Morgan fingerprint density at radius 1 is 1.19 bits per heavy atom. The number of carbonyl (C=O) groups is 1. The summed E-state index contributed by atoms with van der Waals surface area (Å²) >= 11 is 0. The molecule has 0 unspecified atom stereocenters. The van der Waals surface area contributed by atoms with Crippen LogP contribution in [0.25, 0.3) is 0 Å². The maximum Gasteiger partial charge on any atom is 0.239 e. The van der Waals surface area contributed by atoms with E-state index in [1.165, 1.54) is 25.3 Å². The Labute approximate surface area is 154 Å². The zero-order valence-electron chi connectivity index (χ0n) is 15.5. The number of nitrogens with one attached hydrogen (secondary N) is 3. The Kier molecular flexibility index (Phi) is 6.12. The Morgan fingerprint density at radius 2 is 1.92 bits per heavy atom. The molecule has 1 aromatic carbocycles. The van der Waals surface area contributed by atoms with Crippen LogP contribution in [0.1, 0.15) is 50.5 Å². The summed E-state index contributed by atoms with van der Waals surface area (Å²) in [4.78, 5) is 16.3. The lowest BCUT2D eigenvalue weighted by molar-refractivity contribution is -0.120. The first-order valence-corrected chi connectivity index (χ1v) is 9.62. The molecule has 0 spiro atoms. The third-order valence-corrected chi connectivity index (χ3v) is 5.50. The van der Waals surface area contributed by atoms with Gasteiger partial charge in [-0.25, -0.2) is 4.39 Å². The minimum Gasteiger partial charge on any atom is -0.356 e. The fourth-order valence-electron chi connectivity index (χ4n) is 3.75. The van der Waals surface area contributed by atoms with E-state index in [2.05, 4.69) is 20.9 Å². The Bertz CT molecular complexity index is 651. The highest BCUT2D eigenvalue weighted by Crippen LogP contribution is 2.48. The first-order chi connectivity index (χ1) is 12.6. The van der Waals surface area contributed by atoms with Gasteiger partial charge < -0.3 is 16.0 Å². The molecule has 0 bridgehead atoms. The van der Waals surface area contributed by atoms with Crippen LogP contribution in [0.3, 0.4) is 0 Å². The standard InChI is InChI=1S/C20H29FN4O/c1-22-19(23-13-18(26)25-15-7-3-2-4-8-15)24-14-20(11-12-20)16-9-5-6-10-17(16)21/h5-6,9-10,15H,2-4,7-8,11-14H2,1H3,(H,25,26)(H2,22,23,24). The number of guanidine groups is 1. The number of amides is 1. The summed E-state index contributed by atoms with van der Waals surface area (Å²) in [6.45, 7) is 0.806. The Hall–Kier alpha value is -2.11. The van der Waals surface area contributed by atoms with Gasteiger partial charge in [0.1, 0.15) is 5.82 Å². The molecule has 26 heavy (non-hydrogen) atoms. The average Bonchev–Trinajstić information content (AvgIpc) is 3.44. The number of rotatable bonds is 6. The van der Waals surface area contributed by atoms with Gasteiger partial charge in [0.25, 0.3) is 0 Å². The lowest BCUT2D eigenvalue weighted by Gasteiger charge is -2.23. The van der Waals surface area contributed by atoms with Crippen LogP contribution < -0.4 is 16.0 Å². The lowest BCUT2D eigenvalue weighted by Crippen LogP contribution is -2.47. The van der Waals surface area contributed by atoms with Crippen molar-refractivity contribution in [1.29, 1.82) is 0 Å². The largest absolute Gasteiger partial charge is 0.356 e. The van der Waals surface area contributed by atoms with Gasteiger partial charge in [-0.3, -0.25) is 9.79 Å². The monoisotopic (exact) mass is 360 g/mol. The van der Waals surface area contributed by atoms with E-state index >= 15 is 0 Å². The third kappa shape index (κ3) is 4.74. The number of halogens is 1. The van der Waals surface area contributed by atoms with Crippen LogP contribution in [0, 0.1) is 5.82 Å². The molecule has 2 aliphatic rings. The Balaban J connectivity index is 1.45. The van der Waals surface area contributed by atoms with Crippen molar-refractivity contribution in [2.24, 2.45) is 4.99 Å². The number of hydrogen-bond donors (Lipinski definition) is 3. The van der Waals surface area contributed by atoms with E-state index in [4.69, 9.17) is 0 Å². The van der Waals surface area contributed by atoms with Crippen LogP contribution in [0.5, 0.6) is 0 Å². The predicted octanol–water partition coefficient (Wildman–Crippen LogP) is 2.47. The maximum absolute atomic E-state index is 14.1. The zero-order chi connectivity index (χ0) is 18.4. The molecule has 0 radical (unpaired) electrons. The molecule has 0 saturated heterocycles. The van der Waals surface area contributed by atoms with Gasteiger partial charge in [-0.2, -0.15) is 0 Å². The van der Waals surface area contributed by atoms with Gasteiger partial charge in [-0.05, 0) is 37.3 Å². The van der Waals surface area contributed by atoms with Crippen molar-refractivity contribution < 1.29 is 9.18 Å². The summed E-state index contributed by atoms with van der Waals surface area (Å²) in [7, 11) is 1.68.